The molecule has 1 amide bonds. The molecule has 2 aromatic carbocycles. The lowest BCUT2D eigenvalue weighted by Crippen LogP contribution is -2.22. The lowest BCUT2D eigenvalue weighted by Gasteiger charge is -2.05. The monoisotopic (exact) mass is 282 g/mol. The van der Waals surface area contributed by atoms with Crippen LogP contribution in [0.3, 0.4) is 0 Å². The zero-order chi connectivity index (χ0) is 14.8. The number of fused-ring (bicyclic) bond motifs is 1. The Morgan fingerprint density at radius 3 is 2.71 bits per heavy atom. The normalized spacial score (nSPS) is 10.7. The molecule has 0 saturated carbocycles. The van der Waals surface area contributed by atoms with Crippen molar-refractivity contribution in [3.05, 3.63) is 69.7 Å². The van der Waals surface area contributed by atoms with Gasteiger partial charge in [0.1, 0.15) is 0 Å². The van der Waals surface area contributed by atoms with Crippen molar-refractivity contribution in [2.24, 2.45) is 0 Å². The second-order valence-corrected chi connectivity index (χ2v) is 4.89. The molecule has 0 aliphatic rings. The first-order valence-corrected chi connectivity index (χ1v) is 6.58. The van der Waals surface area contributed by atoms with Gasteiger partial charge in [-0.1, -0.05) is 29.8 Å². The van der Waals surface area contributed by atoms with E-state index in [1.807, 2.05) is 31.2 Å². The van der Waals surface area contributed by atoms with Crippen LogP contribution in [0.1, 0.15) is 21.5 Å². The number of aryl methyl sites for hydroxylation is 1. The van der Waals surface area contributed by atoms with Crippen LogP contribution in [0.15, 0.2) is 51.7 Å². The minimum Gasteiger partial charge on any atom is -0.408 e. The van der Waals surface area contributed by atoms with Crippen molar-refractivity contribution in [2.75, 3.05) is 0 Å². The highest BCUT2D eigenvalue weighted by Gasteiger charge is 2.08. The van der Waals surface area contributed by atoms with E-state index in [9.17, 15) is 9.59 Å². The summed E-state index contributed by atoms with van der Waals surface area (Å²) in [6.07, 6.45) is 0. The highest BCUT2D eigenvalue weighted by atomic mass is 16.4. The van der Waals surface area contributed by atoms with Crippen LogP contribution in [0.5, 0.6) is 0 Å². The van der Waals surface area contributed by atoms with Crippen molar-refractivity contribution in [2.45, 2.75) is 13.5 Å². The molecule has 0 unspecified atom stereocenters. The number of oxazole rings is 1. The molecule has 0 bridgehead atoms. The van der Waals surface area contributed by atoms with Crippen LogP contribution in [0, 0.1) is 6.92 Å². The van der Waals surface area contributed by atoms with Gasteiger partial charge in [0.25, 0.3) is 5.91 Å². The number of benzene rings is 2. The van der Waals surface area contributed by atoms with Gasteiger partial charge in [-0.2, -0.15) is 0 Å². The molecule has 3 rings (SSSR count). The first-order valence-electron chi connectivity index (χ1n) is 6.58. The number of amides is 1. The van der Waals surface area contributed by atoms with E-state index in [2.05, 4.69) is 10.3 Å². The van der Waals surface area contributed by atoms with Gasteiger partial charge in [0.05, 0.1) is 5.52 Å². The van der Waals surface area contributed by atoms with E-state index in [-0.39, 0.29) is 5.91 Å². The molecule has 0 saturated heterocycles. The number of hydrogen-bond donors (Lipinski definition) is 2. The molecule has 106 valence electrons. The molecule has 1 heterocycles. The Labute approximate surface area is 120 Å². The molecule has 3 aromatic rings. The Hall–Kier alpha value is -2.82. The van der Waals surface area contributed by atoms with E-state index < -0.39 is 5.76 Å². The highest BCUT2D eigenvalue weighted by molar-refractivity contribution is 5.96. The molecule has 21 heavy (non-hydrogen) atoms. The third-order valence-electron chi connectivity index (χ3n) is 3.26. The molecular weight excluding hydrogens is 268 g/mol. The van der Waals surface area contributed by atoms with Gasteiger partial charge in [0.15, 0.2) is 5.58 Å². The molecule has 1 aromatic heterocycles. The fraction of sp³-hybridized carbons (Fsp3) is 0.125. The summed E-state index contributed by atoms with van der Waals surface area (Å²) in [5.74, 6) is -0.733. The summed E-state index contributed by atoms with van der Waals surface area (Å²) in [5, 5.41) is 2.84. The van der Waals surface area contributed by atoms with Crippen LogP contribution < -0.4 is 11.1 Å². The van der Waals surface area contributed by atoms with Crippen molar-refractivity contribution in [3.8, 4) is 0 Å². The predicted molar refractivity (Wildman–Crippen MR) is 79.2 cm³/mol. The topological polar surface area (TPSA) is 75.1 Å². The van der Waals surface area contributed by atoms with Crippen molar-refractivity contribution < 1.29 is 9.21 Å². The maximum atomic E-state index is 12.1. The number of nitrogens with one attached hydrogen (secondary N) is 2. The lowest BCUT2D eigenvalue weighted by atomic mass is 10.1. The number of carbonyl (C=O) groups excluding carboxylic acids is 1. The van der Waals surface area contributed by atoms with E-state index in [4.69, 9.17) is 4.42 Å². The largest absolute Gasteiger partial charge is 0.417 e. The molecule has 0 atom stereocenters. The van der Waals surface area contributed by atoms with Crippen LogP contribution >= 0.6 is 0 Å². The molecular formula is C16H14N2O3. The Balaban J connectivity index is 1.74. The Kier molecular flexibility index (Phi) is 3.31. The first-order chi connectivity index (χ1) is 10.1. The zero-order valence-corrected chi connectivity index (χ0v) is 11.5. The van der Waals surface area contributed by atoms with Gasteiger partial charge < -0.3 is 9.73 Å². The highest BCUT2D eigenvalue weighted by Crippen LogP contribution is 2.12. The number of aromatic nitrogens is 1. The number of carbonyl (C=O) groups is 1. The second kappa shape index (κ2) is 5.28. The summed E-state index contributed by atoms with van der Waals surface area (Å²) in [6, 6.07) is 12.8. The number of H-pyrrole nitrogens is 1. The smallest absolute Gasteiger partial charge is 0.408 e. The van der Waals surface area contributed by atoms with Gasteiger partial charge >= 0.3 is 5.76 Å². The Morgan fingerprint density at radius 1 is 1.19 bits per heavy atom. The summed E-state index contributed by atoms with van der Waals surface area (Å²) in [7, 11) is 0. The zero-order valence-electron chi connectivity index (χ0n) is 11.5. The van der Waals surface area contributed by atoms with E-state index in [1.165, 1.54) is 5.56 Å². The molecule has 0 radical (unpaired) electrons. The van der Waals surface area contributed by atoms with Crippen molar-refractivity contribution in [1.82, 2.24) is 10.3 Å². The van der Waals surface area contributed by atoms with E-state index in [0.717, 1.165) is 5.56 Å². The first kappa shape index (κ1) is 13.2. The number of hydrogen-bond acceptors (Lipinski definition) is 3. The Morgan fingerprint density at radius 2 is 1.95 bits per heavy atom. The summed E-state index contributed by atoms with van der Waals surface area (Å²) in [4.78, 5) is 25.7. The fourth-order valence-corrected chi connectivity index (χ4v) is 2.08. The van der Waals surface area contributed by atoms with Crippen LogP contribution in [0.2, 0.25) is 0 Å². The van der Waals surface area contributed by atoms with Gasteiger partial charge in [-0.25, -0.2) is 4.79 Å². The predicted octanol–water partition coefficient (Wildman–Crippen LogP) is 2.36. The molecule has 0 spiro atoms. The maximum Gasteiger partial charge on any atom is 0.417 e. The summed E-state index contributed by atoms with van der Waals surface area (Å²) in [6.45, 7) is 2.47. The van der Waals surface area contributed by atoms with Gasteiger partial charge in [0, 0.05) is 12.1 Å². The van der Waals surface area contributed by atoms with Gasteiger partial charge in [0.2, 0.25) is 0 Å². The molecule has 0 aliphatic heterocycles. The van der Waals surface area contributed by atoms with Gasteiger partial charge in [-0.15, -0.1) is 0 Å². The van der Waals surface area contributed by atoms with Crippen molar-refractivity contribution in [3.63, 3.8) is 0 Å². The molecule has 5 heteroatoms. The standard InChI is InChI=1S/C16H14N2O3/c1-10-2-4-11(5-3-10)9-17-15(19)12-6-7-13-14(8-12)21-16(20)18-13/h2-8H,9H2,1H3,(H,17,19)(H,18,20). The van der Waals surface area contributed by atoms with Gasteiger partial charge in [-0.3, -0.25) is 9.78 Å². The van der Waals surface area contributed by atoms with Crippen molar-refractivity contribution in [1.29, 1.82) is 0 Å². The van der Waals surface area contributed by atoms with Crippen LogP contribution in [-0.4, -0.2) is 10.9 Å². The number of rotatable bonds is 3. The molecule has 5 nitrogen and oxygen atoms in total. The summed E-state index contributed by atoms with van der Waals surface area (Å²) >= 11 is 0. The summed E-state index contributed by atoms with van der Waals surface area (Å²) in [5.41, 5.74) is 3.62. The quantitative estimate of drug-likeness (QED) is 0.774. The third kappa shape index (κ3) is 2.86. The average Bonchev–Trinajstić information content (AvgIpc) is 2.85. The summed E-state index contributed by atoms with van der Waals surface area (Å²) < 4.78 is 4.94. The molecule has 2 N–H and O–H groups in total. The Bertz CT molecular complexity index is 844. The third-order valence-corrected chi connectivity index (χ3v) is 3.26. The minimum absolute atomic E-state index is 0.207. The fourth-order valence-electron chi connectivity index (χ4n) is 2.08. The molecule has 0 fully saturated rings. The number of aromatic amines is 1. The van der Waals surface area contributed by atoms with E-state index in [1.54, 1.807) is 18.2 Å². The van der Waals surface area contributed by atoms with Crippen LogP contribution in [0.4, 0.5) is 0 Å². The van der Waals surface area contributed by atoms with Crippen molar-refractivity contribution >= 4 is 17.0 Å². The molecule has 0 aliphatic carbocycles. The van der Waals surface area contributed by atoms with Gasteiger partial charge in [-0.05, 0) is 30.7 Å². The SMILES string of the molecule is Cc1ccc(CNC(=O)c2ccc3[nH]c(=O)oc3c2)cc1. The van der Waals surface area contributed by atoms with Crippen LogP contribution in [-0.2, 0) is 6.54 Å². The van der Waals surface area contributed by atoms with E-state index >= 15 is 0 Å². The second-order valence-electron chi connectivity index (χ2n) is 4.89. The lowest BCUT2D eigenvalue weighted by molar-refractivity contribution is 0.0951. The van der Waals surface area contributed by atoms with E-state index in [0.29, 0.717) is 23.2 Å². The minimum atomic E-state index is -0.526. The average molecular weight is 282 g/mol. The maximum absolute atomic E-state index is 12.1. The van der Waals surface area contributed by atoms with Crippen LogP contribution in [0.25, 0.3) is 11.1 Å².